The van der Waals surface area contributed by atoms with Crippen LogP contribution in [-0.2, 0) is 6.54 Å². The van der Waals surface area contributed by atoms with Crippen molar-refractivity contribution in [2.45, 2.75) is 13.5 Å². The first-order valence-corrected chi connectivity index (χ1v) is 6.42. The van der Waals surface area contributed by atoms with Gasteiger partial charge in [0, 0.05) is 12.7 Å². The van der Waals surface area contributed by atoms with Crippen molar-refractivity contribution >= 4 is 33.9 Å². The van der Waals surface area contributed by atoms with Crippen LogP contribution in [0.15, 0.2) is 12.4 Å². The Morgan fingerprint density at radius 2 is 2.40 bits per heavy atom. The number of nitrogens with zero attached hydrogens (tertiary/aromatic N) is 4. The minimum Gasteiger partial charge on any atom is -0.311 e. The third-order valence-corrected chi connectivity index (χ3v) is 3.20. The number of halogens is 1. The van der Waals surface area contributed by atoms with Gasteiger partial charge in [-0.15, -0.1) is 10.2 Å². The maximum atomic E-state index is 4.18. The Kier molecular flexibility index (Phi) is 3.65. The van der Waals surface area contributed by atoms with Crippen LogP contribution in [0.5, 0.6) is 0 Å². The van der Waals surface area contributed by atoms with Crippen LogP contribution in [0.4, 0.5) is 0 Å². The number of rotatable bonds is 4. The van der Waals surface area contributed by atoms with Crippen LogP contribution in [0.25, 0.3) is 5.13 Å². The summed E-state index contributed by atoms with van der Waals surface area (Å²) in [6, 6.07) is 0. The molecule has 15 heavy (non-hydrogen) atoms. The molecule has 0 radical (unpaired) electrons. The highest BCUT2D eigenvalue weighted by atomic mass is 127. The highest BCUT2D eigenvalue weighted by Gasteiger charge is 2.06. The lowest BCUT2D eigenvalue weighted by molar-refractivity contribution is 0.713. The van der Waals surface area contributed by atoms with Gasteiger partial charge in [-0.2, -0.15) is 5.10 Å². The molecule has 7 heteroatoms. The van der Waals surface area contributed by atoms with Gasteiger partial charge in [-0.1, -0.05) is 18.3 Å². The van der Waals surface area contributed by atoms with Crippen LogP contribution in [0, 0.1) is 3.57 Å². The lowest BCUT2D eigenvalue weighted by atomic mass is 10.6. The van der Waals surface area contributed by atoms with E-state index in [0.29, 0.717) is 0 Å². The molecule has 0 unspecified atom stereocenters. The molecule has 5 nitrogen and oxygen atoms in total. The molecule has 0 saturated carbocycles. The summed E-state index contributed by atoms with van der Waals surface area (Å²) in [6.07, 6.45) is 3.73. The second kappa shape index (κ2) is 4.99. The zero-order chi connectivity index (χ0) is 10.7. The fourth-order valence-electron chi connectivity index (χ4n) is 1.05. The zero-order valence-corrected chi connectivity index (χ0v) is 11.1. The van der Waals surface area contributed by atoms with E-state index in [4.69, 9.17) is 0 Å². The highest BCUT2D eigenvalue weighted by Crippen LogP contribution is 2.14. The lowest BCUT2D eigenvalue weighted by Gasteiger charge is -1.93. The molecular weight excluding hydrogens is 325 g/mol. The predicted molar refractivity (Wildman–Crippen MR) is 67.1 cm³/mol. The molecule has 0 aliphatic heterocycles. The SMILES string of the molecule is CCNCc1nnc(-n2cc(I)cn2)s1. The van der Waals surface area contributed by atoms with Crippen LogP contribution in [0.2, 0.25) is 0 Å². The van der Waals surface area contributed by atoms with Gasteiger partial charge in [-0.3, -0.25) is 0 Å². The number of hydrogen-bond donors (Lipinski definition) is 1. The van der Waals surface area contributed by atoms with E-state index in [0.717, 1.165) is 26.8 Å². The maximum Gasteiger partial charge on any atom is 0.232 e. The third-order valence-electron chi connectivity index (χ3n) is 1.73. The van der Waals surface area contributed by atoms with Gasteiger partial charge in [0.05, 0.1) is 9.77 Å². The van der Waals surface area contributed by atoms with Gasteiger partial charge in [-0.25, -0.2) is 4.68 Å². The smallest absolute Gasteiger partial charge is 0.232 e. The minimum absolute atomic E-state index is 0.770. The van der Waals surface area contributed by atoms with E-state index < -0.39 is 0 Å². The summed E-state index contributed by atoms with van der Waals surface area (Å²) >= 11 is 3.77. The van der Waals surface area contributed by atoms with E-state index in [-0.39, 0.29) is 0 Å². The van der Waals surface area contributed by atoms with Crippen molar-refractivity contribution in [1.29, 1.82) is 0 Å². The average Bonchev–Trinajstić information content (AvgIpc) is 2.83. The molecule has 80 valence electrons. The van der Waals surface area contributed by atoms with E-state index in [1.807, 2.05) is 6.20 Å². The fourth-order valence-corrected chi connectivity index (χ4v) is 2.18. The van der Waals surface area contributed by atoms with Gasteiger partial charge in [0.1, 0.15) is 5.01 Å². The molecule has 0 aliphatic carbocycles. The van der Waals surface area contributed by atoms with Gasteiger partial charge in [0.25, 0.3) is 0 Å². The van der Waals surface area contributed by atoms with Gasteiger partial charge >= 0.3 is 0 Å². The quantitative estimate of drug-likeness (QED) is 0.859. The van der Waals surface area contributed by atoms with Crippen LogP contribution >= 0.6 is 33.9 Å². The summed E-state index contributed by atoms with van der Waals surface area (Å²) in [5, 5.41) is 17.3. The Morgan fingerprint density at radius 3 is 3.07 bits per heavy atom. The van der Waals surface area contributed by atoms with E-state index in [2.05, 4.69) is 50.1 Å². The predicted octanol–water partition coefficient (Wildman–Crippen LogP) is 1.44. The number of hydrogen-bond acceptors (Lipinski definition) is 5. The zero-order valence-electron chi connectivity index (χ0n) is 8.14. The fraction of sp³-hybridized carbons (Fsp3) is 0.375. The monoisotopic (exact) mass is 335 g/mol. The Labute approximate surface area is 105 Å². The van der Waals surface area contributed by atoms with E-state index in [9.17, 15) is 0 Å². The highest BCUT2D eigenvalue weighted by molar-refractivity contribution is 14.1. The number of nitrogens with one attached hydrogen (secondary N) is 1. The topological polar surface area (TPSA) is 55.6 Å². The summed E-state index contributed by atoms with van der Waals surface area (Å²) in [5.74, 6) is 0. The molecule has 0 aliphatic rings. The molecule has 2 aromatic rings. The molecule has 2 aromatic heterocycles. The largest absolute Gasteiger partial charge is 0.311 e. The number of aromatic nitrogens is 4. The minimum atomic E-state index is 0.770. The van der Waals surface area contributed by atoms with E-state index >= 15 is 0 Å². The van der Waals surface area contributed by atoms with Crippen molar-refractivity contribution in [3.8, 4) is 5.13 Å². The standard InChI is InChI=1S/C8H10IN5S/c1-2-10-4-7-12-13-8(15-7)14-5-6(9)3-11-14/h3,5,10H,2,4H2,1H3. The van der Waals surface area contributed by atoms with Crippen LogP contribution < -0.4 is 5.32 Å². The summed E-state index contributed by atoms with van der Waals surface area (Å²) in [5.41, 5.74) is 0. The van der Waals surface area contributed by atoms with Crippen LogP contribution in [0.1, 0.15) is 11.9 Å². The molecule has 0 atom stereocenters. The molecule has 0 amide bonds. The molecule has 2 rings (SSSR count). The van der Waals surface area contributed by atoms with Crippen molar-refractivity contribution in [2.75, 3.05) is 6.54 Å². The Hall–Kier alpha value is -0.540. The normalized spacial score (nSPS) is 10.8. The first-order valence-electron chi connectivity index (χ1n) is 4.53. The average molecular weight is 335 g/mol. The van der Waals surface area contributed by atoms with Gasteiger partial charge in [-0.05, 0) is 29.1 Å². The van der Waals surface area contributed by atoms with Crippen molar-refractivity contribution in [1.82, 2.24) is 25.3 Å². The Bertz CT molecular complexity index is 438. The Morgan fingerprint density at radius 1 is 1.53 bits per heavy atom. The molecule has 0 spiro atoms. The second-order valence-corrected chi connectivity index (χ2v) is 5.15. The van der Waals surface area contributed by atoms with Crippen LogP contribution in [0.3, 0.4) is 0 Å². The second-order valence-electron chi connectivity index (χ2n) is 2.86. The first kappa shape index (κ1) is 11.0. The summed E-state index contributed by atoms with van der Waals surface area (Å²) < 4.78 is 2.84. The lowest BCUT2D eigenvalue weighted by Crippen LogP contribution is -2.11. The van der Waals surface area contributed by atoms with E-state index in [1.165, 1.54) is 0 Å². The third kappa shape index (κ3) is 2.73. The molecular formula is C8H10IN5S. The molecule has 0 bridgehead atoms. The van der Waals surface area contributed by atoms with Crippen molar-refractivity contribution in [3.05, 3.63) is 21.0 Å². The molecule has 0 fully saturated rings. The molecule has 0 aromatic carbocycles. The van der Waals surface area contributed by atoms with Gasteiger partial charge in [0.15, 0.2) is 0 Å². The molecule has 1 N–H and O–H groups in total. The summed E-state index contributed by atoms with van der Waals surface area (Å²) in [4.78, 5) is 0. The van der Waals surface area contributed by atoms with Crippen molar-refractivity contribution in [2.24, 2.45) is 0 Å². The summed E-state index contributed by atoms with van der Waals surface area (Å²) in [6.45, 7) is 3.78. The summed E-state index contributed by atoms with van der Waals surface area (Å²) in [7, 11) is 0. The Balaban J connectivity index is 2.13. The molecule has 0 saturated heterocycles. The molecule has 2 heterocycles. The van der Waals surface area contributed by atoms with Crippen molar-refractivity contribution in [3.63, 3.8) is 0 Å². The van der Waals surface area contributed by atoms with Gasteiger partial charge in [0.2, 0.25) is 5.13 Å². The van der Waals surface area contributed by atoms with Crippen molar-refractivity contribution < 1.29 is 0 Å². The maximum absolute atomic E-state index is 4.18. The van der Waals surface area contributed by atoms with Crippen LogP contribution in [-0.4, -0.2) is 26.5 Å². The first-order chi connectivity index (χ1) is 7.29. The van der Waals surface area contributed by atoms with E-state index in [1.54, 1.807) is 22.2 Å². The van der Waals surface area contributed by atoms with Gasteiger partial charge < -0.3 is 5.32 Å².